The van der Waals surface area contributed by atoms with E-state index in [-0.39, 0.29) is 0 Å². The maximum atomic E-state index is 3.91. The summed E-state index contributed by atoms with van der Waals surface area (Å²) in [4.78, 5) is 0. The second-order valence-corrected chi connectivity index (χ2v) is 5.61. The summed E-state index contributed by atoms with van der Waals surface area (Å²) >= 11 is 0. The molecule has 0 atom stereocenters. The molecule has 0 spiro atoms. The Morgan fingerprint density at radius 2 is 1.57 bits per heavy atom. The van der Waals surface area contributed by atoms with Crippen LogP contribution < -0.4 is 0 Å². The summed E-state index contributed by atoms with van der Waals surface area (Å²) in [6.45, 7) is 8.26. The van der Waals surface area contributed by atoms with Crippen LogP contribution in [-0.2, 0) is 6.42 Å². The largest absolute Gasteiger partial charge is 0.103 e. The van der Waals surface area contributed by atoms with Crippen LogP contribution in [0.15, 0.2) is 67.3 Å². The number of benzene rings is 3. The highest BCUT2D eigenvalue weighted by molar-refractivity contribution is 5.97. The summed E-state index contributed by atoms with van der Waals surface area (Å²) in [7, 11) is 0. The average molecular weight is 272 g/mol. The van der Waals surface area contributed by atoms with E-state index in [4.69, 9.17) is 0 Å². The van der Waals surface area contributed by atoms with Gasteiger partial charge in [-0.1, -0.05) is 60.7 Å². The zero-order valence-corrected chi connectivity index (χ0v) is 12.7. The van der Waals surface area contributed by atoms with Crippen LogP contribution in [0.1, 0.15) is 16.7 Å². The molecule has 0 heteroatoms. The molecule has 3 aromatic rings. The van der Waals surface area contributed by atoms with Crippen LogP contribution in [0, 0.1) is 13.8 Å². The Labute approximate surface area is 126 Å². The molecule has 0 aliphatic carbocycles. The van der Waals surface area contributed by atoms with Crippen molar-refractivity contribution in [2.75, 3.05) is 0 Å². The lowest BCUT2D eigenvalue weighted by Crippen LogP contribution is -1.93. The number of hydrogen-bond donors (Lipinski definition) is 0. The molecule has 0 nitrogen and oxygen atoms in total. The van der Waals surface area contributed by atoms with E-state index in [1.54, 1.807) is 0 Å². The van der Waals surface area contributed by atoms with Crippen molar-refractivity contribution in [2.45, 2.75) is 20.3 Å². The standard InChI is InChI=1S/C21H20/c1-4-8-18-13-15(2)16(3)14-21(18)20-12-7-10-17-9-5-6-11-19(17)20/h4-7,9-14H,1,8H2,2-3H3. The molecule has 0 unspecified atom stereocenters. The van der Waals surface area contributed by atoms with E-state index in [2.05, 4.69) is 75.0 Å². The highest BCUT2D eigenvalue weighted by Crippen LogP contribution is 2.33. The average Bonchev–Trinajstić information content (AvgIpc) is 2.50. The topological polar surface area (TPSA) is 0 Å². The monoisotopic (exact) mass is 272 g/mol. The van der Waals surface area contributed by atoms with E-state index in [9.17, 15) is 0 Å². The molecule has 0 aliphatic heterocycles. The van der Waals surface area contributed by atoms with Crippen molar-refractivity contribution in [3.05, 3.63) is 83.9 Å². The van der Waals surface area contributed by atoms with Crippen LogP contribution in [0.5, 0.6) is 0 Å². The SMILES string of the molecule is C=CCc1cc(C)c(C)cc1-c1cccc2ccccc12. The quantitative estimate of drug-likeness (QED) is 0.524. The van der Waals surface area contributed by atoms with Gasteiger partial charge in [-0.3, -0.25) is 0 Å². The third-order valence-electron chi connectivity index (χ3n) is 4.16. The molecule has 0 aromatic heterocycles. The number of rotatable bonds is 3. The first kappa shape index (κ1) is 13.6. The minimum Gasteiger partial charge on any atom is -0.103 e. The van der Waals surface area contributed by atoms with Crippen LogP contribution in [0.2, 0.25) is 0 Å². The second-order valence-electron chi connectivity index (χ2n) is 5.61. The lowest BCUT2D eigenvalue weighted by molar-refractivity contribution is 1.23. The van der Waals surface area contributed by atoms with Gasteiger partial charge in [-0.2, -0.15) is 0 Å². The maximum Gasteiger partial charge on any atom is -0.00939 e. The zero-order chi connectivity index (χ0) is 14.8. The molecule has 0 N–H and O–H groups in total. The third-order valence-corrected chi connectivity index (χ3v) is 4.16. The van der Waals surface area contributed by atoms with Crippen LogP contribution in [0.4, 0.5) is 0 Å². The number of aryl methyl sites for hydroxylation is 2. The first-order valence-corrected chi connectivity index (χ1v) is 7.40. The van der Waals surface area contributed by atoms with Crippen LogP contribution in [0.25, 0.3) is 21.9 Å². The van der Waals surface area contributed by atoms with Gasteiger partial charge in [0, 0.05) is 0 Å². The van der Waals surface area contributed by atoms with Gasteiger partial charge in [0.25, 0.3) is 0 Å². The molecule has 104 valence electrons. The number of fused-ring (bicyclic) bond motifs is 1. The van der Waals surface area contributed by atoms with Gasteiger partial charge in [0.2, 0.25) is 0 Å². The fourth-order valence-electron chi connectivity index (χ4n) is 2.91. The third kappa shape index (κ3) is 2.50. The Morgan fingerprint density at radius 1 is 0.857 bits per heavy atom. The summed E-state index contributed by atoms with van der Waals surface area (Å²) in [6.07, 6.45) is 2.89. The molecule has 3 rings (SSSR count). The van der Waals surface area contributed by atoms with E-state index in [0.29, 0.717) is 0 Å². The van der Waals surface area contributed by atoms with Gasteiger partial charge in [-0.15, -0.1) is 6.58 Å². The summed E-state index contributed by atoms with van der Waals surface area (Å²) in [5, 5.41) is 2.60. The highest BCUT2D eigenvalue weighted by atomic mass is 14.1. The van der Waals surface area contributed by atoms with Gasteiger partial charge < -0.3 is 0 Å². The lowest BCUT2D eigenvalue weighted by Gasteiger charge is -2.14. The van der Waals surface area contributed by atoms with Gasteiger partial charge >= 0.3 is 0 Å². The van der Waals surface area contributed by atoms with Crippen LogP contribution in [0.3, 0.4) is 0 Å². The van der Waals surface area contributed by atoms with E-state index in [0.717, 1.165) is 6.42 Å². The van der Waals surface area contributed by atoms with Gasteiger partial charge in [0.05, 0.1) is 0 Å². The molecule has 0 bridgehead atoms. The second kappa shape index (κ2) is 5.57. The maximum absolute atomic E-state index is 3.91. The van der Waals surface area contributed by atoms with Crippen molar-refractivity contribution in [1.82, 2.24) is 0 Å². The van der Waals surface area contributed by atoms with E-state index in [1.165, 1.54) is 38.6 Å². The Bertz CT molecular complexity index is 804. The molecule has 3 aromatic carbocycles. The van der Waals surface area contributed by atoms with Crippen LogP contribution in [-0.4, -0.2) is 0 Å². The summed E-state index contributed by atoms with van der Waals surface area (Å²) in [6, 6.07) is 19.7. The van der Waals surface area contributed by atoms with E-state index >= 15 is 0 Å². The fraction of sp³-hybridized carbons (Fsp3) is 0.143. The normalized spacial score (nSPS) is 10.8. The number of allylic oxidation sites excluding steroid dienone is 1. The van der Waals surface area contributed by atoms with E-state index < -0.39 is 0 Å². The smallest absolute Gasteiger partial charge is 0.00939 e. The van der Waals surface area contributed by atoms with Crippen molar-refractivity contribution < 1.29 is 0 Å². The predicted octanol–water partition coefficient (Wildman–Crippen LogP) is 5.85. The highest BCUT2D eigenvalue weighted by Gasteiger charge is 2.09. The molecule has 0 radical (unpaired) electrons. The Morgan fingerprint density at radius 3 is 2.38 bits per heavy atom. The number of hydrogen-bond acceptors (Lipinski definition) is 0. The molecule has 21 heavy (non-hydrogen) atoms. The summed E-state index contributed by atoms with van der Waals surface area (Å²) < 4.78 is 0. The van der Waals surface area contributed by atoms with Gasteiger partial charge in [0.1, 0.15) is 0 Å². The molecular weight excluding hydrogens is 252 g/mol. The molecule has 0 amide bonds. The fourth-order valence-corrected chi connectivity index (χ4v) is 2.91. The Kier molecular flexibility index (Phi) is 3.62. The van der Waals surface area contributed by atoms with Crippen molar-refractivity contribution >= 4 is 10.8 Å². The van der Waals surface area contributed by atoms with Crippen molar-refractivity contribution in [1.29, 1.82) is 0 Å². The molecule has 0 saturated carbocycles. The van der Waals surface area contributed by atoms with Crippen molar-refractivity contribution in [3.8, 4) is 11.1 Å². The van der Waals surface area contributed by atoms with Gasteiger partial charge in [0.15, 0.2) is 0 Å². The Hall–Kier alpha value is -2.34. The summed E-state index contributed by atoms with van der Waals surface area (Å²) in [5.74, 6) is 0. The molecule has 0 saturated heterocycles. The molecule has 0 aliphatic rings. The zero-order valence-electron chi connectivity index (χ0n) is 12.7. The van der Waals surface area contributed by atoms with Gasteiger partial charge in [-0.05, 0) is 58.9 Å². The minimum atomic E-state index is 0.902. The first-order valence-electron chi connectivity index (χ1n) is 7.40. The first-order chi connectivity index (χ1) is 10.2. The van der Waals surface area contributed by atoms with Gasteiger partial charge in [-0.25, -0.2) is 0 Å². The molecule has 0 fully saturated rings. The van der Waals surface area contributed by atoms with Crippen molar-refractivity contribution in [3.63, 3.8) is 0 Å². The van der Waals surface area contributed by atoms with Crippen LogP contribution >= 0.6 is 0 Å². The van der Waals surface area contributed by atoms with E-state index in [1.807, 2.05) is 6.08 Å². The summed E-state index contributed by atoms with van der Waals surface area (Å²) in [5.41, 5.74) is 6.67. The lowest BCUT2D eigenvalue weighted by atomic mass is 9.90. The predicted molar refractivity (Wildman–Crippen MR) is 92.8 cm³/mol. The Balaban J connectivity index is 2.32. The minimum absolute atomic E-state index is 0.902. The van der Waals surface area contributed by atoms with Crippen molar-refractivity contribution in [2.24, 2.45) is 0 Å². The molecule has 0 heterocycles. The molecular formula is C21H20.